The maximum Gasteiger partial charge on any atom is 0.271 e. The van der Waals surface area contributed by atoms with Gasteiger partial charge in [0.2, 0.25) is 0 Å². The van der Waals surface area contributed by atoms with Gasteiger partial charge in [-0.15, -0.1) is 11.3 Å². The van der Waals surface area contributed by atoms with Crippen molar-refractivity contribution in [2.75, 3.05) is 4.72 Å². The van der Waals surface area contributed by atoms with Gasteiger partial charge in [0, 0.05) is 16.1 Å². The number of benzene rings is 1. The zero-order valence-electron chi connectivity index (χ0n) is 10.6. The van der Waals surface area contributed by atoms with Crippen LogP contribution in [0.4, 0.5) is 5.69 Å². The predicted molar refractivity (Wildman–Crippen MR) is 78.8 cm³/mol. The van der Waals surface area contributed by atoms with Crippen molar-refractivity contribution in [2.24, 2.45) is 10.9 Å². The normalized spacial score (nSPS) is 12.3. The number of nitrogens with zero attached hydrogens (tertiary/aromatic N) is 1. The van der Waals surface area contributed by atoms with E-state index in [1.165, 1.54) is 17.4 Å². The minimum atomic E-state index is -3.62. The maximum absolute atomic E-state index is 12.2. The van der Waals surface area contributed by atoms with E-state index >= 15 is 0 Å². The smallest absolute Gasteiger partial charge is 0.271 e. The van der Waals surface area contributed by atoms with E-state index in [4.69, 9.17) is 10.9 Å². The van der Waals surface area contributed by atoms with Crippen molar-refractivity contribution in [1.82, 2.24) is 0 Å². The third kappa shape index (κ3) is 3.09. The Morgan fingerprint density at radius 3 is 2.70 bits per heavy atom. The van der Waals surface area contributed by atoms with Crippen molar-refractivity contribution in [3.05, 3.63) is 46.8 Å². The minimum absolute atomic E-state index is 0.0852. The first-order valence-corrected chi connectivity index (χ1v) is 7.89. The Bertz CT molecular complexity index is 751. The highest BCUT2D eigenvalue weighted by Gasteiger charge is 2.16. The lowest BCUT2D eigenvalue weighted by molar-refractivity contribution is 0.318. The van der Waals surface area contributed by atoms with E-state index in [2.05, 4.69) is 9.88 Å². The van der Waals surface area contributed by atoms with Gasteiger partial charge in [0.25, 0.3) is 10.0 Å². The second-order valence-electron chi connectivity index (χ2n) is 4.04. The van der Waals surface area contributed by atoms with Crippen LogP contribution in [0.2, 0.25) is 0 Å². The van der Waals surface area contributed by atoms with Crippen molar-refractivity contribution in [2.45, 2.75) is 11.1 Å². The second kappa shape index (κ2) is 5.51. The molecule has 0 bridgehead atoms. The molecule has 0 aliphatic carbocycles. The van der Waals surface area contributed by atoms with E-state index < -0.39 is 10.0 Å². The summed E-state index contributed by atoms with van der Waals surface area (Å²) >= 11 is 1.19. The molecule has 6 nitrogen and oxygen atoms in total. The van der Waals surface area contributed by atoms with Crippen molar-refractivity contribution >= 4 is 32.9 Å². The third-order valence-corrected chi connectivity index (χ3v) is 5.37. The largest absolute Gasteiger partial charge is 0.409 e. The molecule has 0 radical (unpaired) electrons. The van der Waals surface area contributed by atoms with Gasteiger partial charge in [-0.1, -0.05) is 17.3 Å². The fraction of sp³-hybridized carbons (Fsp3) is 0.0833. The molecule has 4 N–H and O–H groups in total. The van der Waals surface area contributed by atoms with E-state index in [0.717, 1.165) is 4.88 Å². The third-order valence-electron chi connectivity index (χ3n) is 2.50. The number of thiophene rings is 1. The molecule has 0 aliphatic rings. The molecule has 1 aromatic heterocycles. The van der Waals surface area contributed by atoms with Crippen LogP contribution >= 0.6 is 11.3 Å². The van der Waals surface area contributed by atoms with Crippen LogP contribution in [0.15, 0.2) is 45.8 Å². The number of amidine groups is 1. The second-order valence-corrected chi connectivity index (χ2v) is 7.23. The van der Waals surface area contributed by atoms with Gasteiger partial charge in [0.15, 0.2) is 5.84 Å². The van der Waals surface area contributed by atoms with Crippen LogP contribution in [0.5, 0.6) is 0 Å². The number of sulfonamides is 1. The Hall–Kier alpha value is -2.06. The number of rotatable bonds is 4. The lowest BCUT2D eigenvalue weighted by atomic mass is 10.2. The summed E-state index contributed by atoms with van der Waals surface area (Å²) in [6.45, 7) is 1.84. The highest BCUT2D eigenvalue weighted by Crippen LogP contribution is 2.23. The number of nitrogens with two attached hydrogens (primary N) is 1. The fourth-order valence-electron chi connectivity index (χ4n) is 1.56. The molecule has 2 aromatic rings. The molecule has 106 valence electrons. The van der Waals surface area contributed by atoms with Crippen LogP contribution in [0, 0.1) is 6.92 Å². The molecule has 8 heteroatoms. The summed E-state index contributed by atoms with van der Waals surface area (Å²) in [6.07, 6.45) is 0. The molecule has 0 aliphatic heterocycles. The Balaban J connectivity index is 2.30. The molecule has 0 saturated heterocycles. The molecule has 0 saturated carbocycles. The topological polar surface area (TPSA) is 105 Å². The summed E-state index contributed by atoms with van der Waals surface area (Å²) < 4.78 is 27.0. The molecular weight excluding hydrogens is 298 g/mol. The van der Waals surface area contributed by atoms with Crippen molar-refractivity contribution in [3.8, 4) is 0 Å². The first-order chi connectivity index (χ1) is 9.42. The molecule has 1 aromatic carbocycles. The SMILES string of the molecule is Cc1ccc(S(=O)(=O)Nc2cccc(/C(N)=N/O)c2)s1. The van der Waals surface area contributed by atoms with Crippen LogP contribution in [0.25, 0.3) is 0 Å². The lowest BCUT2D eigenvalue weighted by Crippen LogP contribution is -2.15. The number of aryl methyl sites for hydroxylation is 1. The van der Waals surface area contributed by atoms with Crippen LogP contribution in [-0.4, -0.2) is 19.5 Å². The average Bonchev–Trinajstić information content (AvgIpc) is 2.85. The number of nitrogens with one attached hydrogen (secondary N) is 1. The van der Waals surface area contributed by atoms with Gasteiger partial charge in [-0.25, -0.2) is 8.42 Å². The summed E-state index contributed by atoms with van der Waals surface area (Å²) in [5, 5.41) is 11.5. The first kappa shape index (κ1) is 14.4. The fourth-order valence-corrected chi connectivity index (χ4v) is 3.89. The molecule has 20 heavy (non-hydrogen) atoms. The van der Waals surface area contributed by atoms with E-state index in [9.17, 15) is 8.42 Å². The van der Waals surface area contributed by atoms with E-state index in [-0.39, 0.29) is 10.0 Å². The van der Waals surface area contributed by atoms with Gasteiger partial charge in [0.05, 0.1) is 0 Å². The molecule has 0 amide bonds. The van der Waals surface area contributed by atoms with Crippen molar-refractivity contribution in [1.29, 1.82) is 0 Å². The van der Waals surface area contributed by atoms with E-state index in [1.807, 2.05) is 6.92 Å². The lowest BCUT2D eigenvalue weighted by Gasteiger charge is -2.07. The van der Waals surface area contributed by atoms with Gasteiger partial charge >= 0.3 is 0 Å². The van der Waals surface area contributed by atoms with Crippen LogP contribution in [-0.2, 0) is 10.0 Å². The standard InChI is InChI=1S/C12H13N3O3S2/c1-8-5-6-11(19-8)20(17,18)15-10-4-2-3-9(7-10)12(13)14-16/h2-7,15-16H,1H3,(H2,13,14). The Morgan fingerprint density at radius 2 is 2.10 bits per heavy atom. The molecule has 0 atom stereocenters. The Labute approximate surface area is 120 Å². The van der Waals surface area contributed by atoms with Gasteiger partial charge in [-0.05, 0) is 31.2 Å². The summed E-state index contributed by atoms with van der Waals surface area (Å²) in [6, 6.07) is 9.61. The summed E-state index contributed by atoms with van der Waals surface area (Å²) in [7, 11) is -3.62. The van der Waals surface area contributed by atoms with E-state index in [0.29, 0.717) is 11.3 Å². The molecule has 0 spiro atoms. The highest BCUT2D eigenvalue weighted by atomic mass is 32.2. The number of anilines is 1. The van der Waals surface area contributed by atoms with Crippen molar-refractivity contribution in [3.63, 3.8) is 0 Å². The number of hydrogen-bond acceptors (Lipinski definition) is 5. The summed E-state index contributed by atoms with van der Waals surface area (Å²) in [5.41, 5.74) is 6.24. The molecule has 2 rings (SSSR count). The number of hydrogen-bond donors (Lipinski definition) is 3. The quantitative estimate of drug-likeness (QED) is 0.347. The minimum Gasteiger partial charge on any atom is -0.409 e. The Kier molecular flexibility index (Phi) is 3.96. The Morgan fingerprint density at radius 1 is 1.35 bits per heavy atom. The number of oxime groups is 1. The van der Waals surface area contributed by atoms with Gasteiger partial charge in [0.1, 0.15) is 4.21 Å². The summed E-state index contributed by atoms with van der Waals surface area (Å²) in [4.78, 5) is 0.913. The van der Waals surface area contributed by atoms with Gasteiger partial charge in [-0.3, -0.25) is 4.72 Å². The average molecular weight is 311 g/mol. The molecular formula is C12H13N3O3S2. The van der Waals surface area contributed by atoms with E-state index in [1.54, 1.807) is 30.3 Å². The van der Waals surface area contributed by atoms with Crippen LogP contribution in [0.1, 0.15) is 10.4 Å². The van der Waals surface area contributed by atoms with Crippen molar-refractivity contribution < 1.29 is 13.6 Å². The van der Waals surface area contributed by atoms with Gasteiger partial charge < -0.3 is 10.9 Å². The monoisotopic (exact) mass is 311 g/mol. The summed E-state index contributed by atoms with van der Waals surface area (Å²) in [5.74, 6) is -0.0852. The van der Waals surface area contributed by atoms with Gasteiger partial charge in [-0.2, -0.15) is 0 Å². The van der Waals surface area contributed by atoms with Crippen LogP contribution in [0.3, 0.4) is 0 Å². The predicted octanol–water partition coefficient (Wildman–Crippen LogP) is 1.95. The highest BCUT2D eigenvalue weighted by molar-refractivity contribution is 7.94. The molecule has 1 heterocycles. The zero-order valence-corrected chi connectivity index (χ0v) is 12.2. The zero-order chi connectivity index (χ0) is 14.8. The molecule has 0 unspecified atom stereocenters. The molecule has 0 fully saturated rings. The maximum atomic E-state index is 12.2. The first-order valence-electron chi connectivity index (χ1n) is 5.59. The van der Waals surface area contributed by atoms with Crippen LogP contribution < -0.4 is 10.5 Å².